The molecule has 0 radical (unpaired) electrons. The molecule has 1 unspecified atom stereocenters. The molecule has 1 aliphatic carbocycles. The molecule has 1 N–H and O–H groups in total. The molecular formula is C11H18O3. The third-order valence-corrected chi connectivity index (χ3v) is 2.76. The van der Waals surface area contributed by atoms with Crippen molar-refractivity contribution >= 4 is 5.97 Å². The van der Waals surface area contributed by atoms with Gasteiger partial charge in [0.05, 0.1) is 12.7 Å². The molecule has 0 aromatic heterocycles. The summed E-state index contributed by atoms with van der Waals surface area (Å²) in [5.41, 5.74) is 0.484. The van der Waals surface area contributed by atoms with Crippen LogP contribution in [0.3, 0.4) is 0 Å². The minimum atomic E-state index is -0.372. The summed E-state index contributed by atoms with van der Waals surface area (Å²) in [5, 5.41) is 9.54. The van der Waals surface area contributed by atoms with E-state index in [0.29, 0.717) is 24.3 Å². The third kappa shape index (κ3) is 2.50. The summed E-state index contributed by atoms with van der Waals surface area (Å²) < 4.78 is 4.63. The molecule has 0 fully saturated rings. The number of allylic oxidation sites excluding steroid dienone is 1. The minimum absolute atomic E-state index is 0.226. The topological polar surface area (TPSA) is 46.5 Å². The second kappa shape index (κ2) is 5.03. The lowest BCUT2D eigenvalue weighted by Gasteiger charge is -2.22. The van der Waals surface area contributed by atoms with E-state index in [4.69, 9.17) is 0 Å². The fourth-order valence-corrected chi connectivity index (χ4v) is 1.98. The summed E-state index contributed by atoms with van der Waals surface area (Å²) in [7, 11) is 1.35. The Morgan fingerprint density at radius 1 is 1.64 bits per heavy atom. The van der Waals surface area contributed by atoms with Crippen LogP contribution in [0, 0.1) is 5.92 Å². The highest BCUT2D eigenvalue weighted by molar-refractivity contribution is 5.89. The molecule has 1 aliphatic rings. The molecule has 80 valence electrons. The van der Waals surface area contributed by atoms with Crippen molar-refractivity contribution < 1.29 is 14.6 Å². The SMILES string of the molecule is CCCC1CCC(O)=C(C(=O)OC)C1. The number of methoxy groups -OCH3 is 1. The molecule has 0 amide bonds. The van der Waals surface area contributed by atoms with Crippen molar-refractivity contribution in [3.63, 3.8) is 0 Å². The van der Waals surface area contributed by atoms with Crippen LogP contribution in [0.15, 0.2) is 11.3 Å². The highest BCUT2D eigenvalue weighted by atomic mass is 16.5. The van der Waals surface area contributed by atoms with Gasteiger partial charge in [-0.05, 0) is 18.8 Å². The van der Waals surface area contributed by atoms with Crippen molar-refractivity contribution in [3.8, 4) is 0 Å². The van der Waals surface area contributed by atoms with E-state index in [1.165, 1.54) is 7.11 Å². The molecule has 0 saturated carbocycles. The standard InChI is InChI=1S/C11H18O3/c1-3-4-8-5-6-10(12)9(7-8)11(13)14-2/h8,12H,3-7H2,1-2H3. The van der Waals surface area contributed by atoms with E-state index in [9.17, 15) is 9.90 Å². The Kier molecular flexibility index (Phi) is 3.98. The number of aliphatic hydroxyl groups excluding tert-OH is 1. The Morgan fingerprint density at radius 2 is 2.36 bits per heavy atom. The lowest BCUT2D eigenvalue weighted by atomic mass is 9.85. The normalized spacial score (nSPS) is 22.3. The predicted octanol–water partition coefficient (Wildman–Crippen LogP) is 2.57. The molecule has 0 heterocycles. The minimum Gasteiger partial charge on any atom is -0.512 e. The summed E-state index contributed by atoms with van der Waals surface area (Å²) in [6.45, 7) is 2.13. The van der Waals surface area contributed by atoms with Gasteiger partial charge >= 0.3 is 5.97 Å². The van der Waals surface area contributed by atoms with Crippen LogP contribution in [0.25, 0.3) is 0 Å². The molecule has 14 heavy (non-hydrogen) atoms. The zero-order chi connectivity index (χ0) is 10.6. The van der Waals surface area contributed by atoms with Crippen LogP contribution >= 0.6 is 0 Å². The molecule has 0 aliphatic heterocycles. The van der Waals surface area contributed by atoms with E-state index in [0.717, 1.165) is 19.3 Å². The number of esters is 1. The van der Waals surface area contributed by atoms with E-state index in [1.807, 2.05) is 0 Å². The van der Waals surface area contributed by atoms with Crippen LogP contribution < -0.4 is 0 Å². The average molecular weight is 198 g/mol. The van der Waals surface area contributed by atoms with Crippen molar-refractivity contribution in [1.29, 1.82) is 0 Å². The monoisotopic (exact) mass is 198 g/mol. The molecule has 0 saturated heterocycles. The first kappa shape index (κ1) is 11.1. The molecule has 0 aromatic carbocycles. The van der Waals surface area contributed by atoms with E-state index in [2.05, 4.69) is 11.7 Å². The maximum atomic E-state index is 11.3. The molecule has 3 nitrogen and oxygen atoms in total. The Labute approximate surface area is 84.8 Å². The Hall–Kier alpha value is -0.990. The number of hydrogen-bond acceptors (Lipinski definition) is 3. The quantitative estimate of drug-likeness (QED) is 0.709. The van der Waals surface area contributed by atoms with Crippen molar-refractivity contribution in [3.05, 3.63) is 11.3 Å². The molecule has 0 spiro atoms. The highest BCUT2D eigenvalue weighted by Crippen LogP contribution is 2.31. The van der Waals surface area contributed by atoms with Gasteiger partial charge < -0.3 is 9.84 Å². The van der Waals surface area contributed by atoms with Crippen molar-refractivity contribution in [1.82, 2.24) is 0 Å². The van der Waals surface area contributed by atoms with Gasteiger partial charge in [0.25, 0.3) is 0 Å². The van der Waals surface area contributed by atoms with Crippen molar-refractivity contribution in [2.75, 3.05) is 7.11 Å². The Balaban J connectivity index is 2.66. The summed E-state index contributed by atoms with van der Waals surface area (Å²) in [4.78, 5) is 11.3. The number of carbonyl (C=O) groups excluding carboxylic acids is 1. The van der Waals surface area contributed by atoms with Crippen LogP contribution in [0.4, 0.5) is 0 Å². The molecule has 0 aromatic rings. The number of carbonyl (C=O) groups is 1. The number of rotatable bonds is 3. The van der Waals surface area contributed by atoms with E-state index in [1.54, 1.807) is 0 Å². The fourth-order valence-electron chi connectivity index (χ4n) is 1.98. The first-order valence-corrected chi connectivity index (χ1v) is 5.18. The van der Waals surface area contributed by atoms with E-state index < -0.39 is 0 Å². The van der Waals surface area contributed by atoms with E-state index >= 15 is 0 Å². The lowest BCUT2D eigenvalue weighted by molar-refractivity contribution is -0.136. The molecule has 1 atom stereocenters. The molecular weight excluding hydrogens is 180 g/mol. The Bertz CT molecular complexity index is 243. The van der Waals surface area contributed by atoms with Crippen molar-refractivity contribution in [2.24, 2.45) is 5.92 Å². The summed E-state index contributed by atoms with van der Waals surface area (Å²) >= 11 is 0. The average Bonchev–Trinajstić information content (AvgIpc) is 2.20. The van der Waals surface area contributed by atoms with Gasteiger partial charge in [0.1, 0.15) is 5.76 Å². The fraction of sp³-hybridized carbons (Fsp3) is 0.727. The second-order valence-electron chi connectivity index (χ2n) is 3.81. The summed E-state index contributed by atoms with van der Waals surface area (Å²) in [6.07, 6.45) is 4.52. The van der Waals surface area contributed by atoms with Gasteiger partial charge in [-0.2, -0.15) is 0 Å². The maximum absolute atomic E-state index is 11.3. The second-order valence-corrected chi connectivity index (χ2v) is 3.81. The number of ether oxygens (including phenoxy) is 1. The summed E-state index contributed by atoms with van der Waals surface area (Å²) in [6, 6.07) is 0. The lowest BCUT2D eigenvalue weighted by Crippen LogP contribution is -2.17. The van der Waals surface area contributed by atoms with Crippen LogP contribution in [0.2, 0.25) is 0 Å². The smallest absolute Gasteiger partial charge is 0.337 e. The van der Waals surface area contributed by atoms with Gasteiger partial charge in [-0.15, -0.1) is 0 Å². The van der Waals surface area contributed by atoms with Crippen LogP contribution in [0.1, 0.15) is 39.0 Å². The first-order valence-electron chi connectivity index (χ1n) is 5.18. The van der Waals surface area contributed by atoms with Gasteiger partial charge in [0.15, 0.2) is 0 Å². The molecule has 3 heteroatoms. The number of aliphatic hydroxyl groups is 1. The predicted molar refractivity (Wildman–Crippen MR) is 53.9 cm³/mol. The van der Waals surface area contributed by atoms with Gasteiger partial charge in [-0.25, -0.2) is 4.79 Å². The van der Waals surface area contributed by atoms with Crippen LogP contribution in [0.5, 0.6) is 0 Å². The third-order valence-electron chi connectivity index (χ3n) is 2.76. The summed E-state index contributed by atoms with van der Waals surface area (Å²) in [5.74, 6) is 0.387. The van der Waals surface area contributed by atoms with Crippen LogP contribution in [-0.2, 0) is 9.53 Å². The largest absolute Gasteiger partial charge is 0.512 e. The molecule has 1 rings (SSSR count). The van der Waals surface area contributed by atoms with Crippen LogP contribution in [-0.4, -0.2) is 18.2 Å². The zero-order valence-electron chi connectivity index (χ0n) is 8.88. The first-order chi connectivity index (χ1) is 6.69. The molecule has 0 bridgehead atoms. The highest BCUT2D eigenvalue weighted by Gasteiger charge is 2.25. The van der Waals surface area contributed by atoms with E-state index in [-0.39, 0.29) is 11.7 Å². The van der Waals surface area contributed by atoms with Gasteiger partial charge in [-0.3, -0.25) is 0 Å². The zero-order valence-corrected chi connectivity index (χ0v) is 8.88. The maximum Gasteiger partial charge on any atom is 0.337 e. The van der Waals surface area contributed by atoms with Gasteiger partial charge in [0, 0.05) is 6.42 Å². The van der Waals surface area contributed by atoms with Gasteiger partial charge in [0.2, 0.25) is 0 Å². The van der Waals surface area contributed by atoms with Gasteiger partial charge in [-0.1, -0.05) is 19.8 Å². The Morgan fingerprint density at radius 3 is 2.93 bits per heavy atom. The number of hydrogen-bond donors (Lipinski definition) is 1. The van der Waals surface area contributed by atoms with Crippen molar-refractivity contribution in [2.45, 2.75) is 39.0 Å².